The van der Waals surface area contributed by atoms with Crippen LogP contribution in [0.25, 0.3) is 11.0 Å². The molecule has 2 rings (SSSR count). The molecule has 2 nitrogen and oxygen atoms in total. The monoisotopic (exact) mass is 206 g/mol. The Morgan fingerprint density at radius 2 is 2.20 bits per heavy atom. The predicted octanol–water partition coefficient (Wildman–Crippen LogP) is 3.39. The first-order chi connectivity index (χ1) is 7.04. The quantitative estimate of drug-likeness (QED) is 0.801. The minimum absolute atomic E-state index is 0.0493. The van der Waals surface area contributed by atoms with E-state index in [1.165, 1.54) is 6.20 Å². The third kappa shape index (κ3) is 1.62. The van der Waals surface area contributed by atoms with E-state index in [2.05, 4.69) is 30.7 Å². The van der Waals surface area contributed by atoms with Crippen LogP contribution in [0.1, 0.15) is 32.8 Å². The minimum Gasteiger partial charge on any atom is -0.346 e. The van der Waals surface area contributed by atoms with E-state index >= 15 is 0 Å². The number of nitrogens with one attached hydrogen (secondary N) is 1. The van der Waals surface area contributed by atoms with Crippen molar-refractivity contribution in [1.82, 2.24) is 9.97 Å². The molecular weight excluding hydrogens is 191 g/mol. The molecule has 0 saturated heterocycles. The zero-order valence-electron chi connectivity index (χ0n) is 9.26. The van der Waals surface area contributed by atoms with Crippen LogP contribution in [0.3, 0.4) is 0 Å². The topological polar surface area (TPSA) is 28.7 Å². The highest BCUT2D eigenvalue weighted by Gasteiger charge is 2.22. The van der Waals surface area contributed by atoms with E-state index in [-0.39, 0.29) is 11.2 Å². The molecule has 80 valence electrons. The molecule has 0 aliphatic carbocycles. The highest BCUT2D eigenvalue weighted by molar-refractivity contribution is 5.80. The van der Waals surface area contributed by atoms with E-state index in [1.54, 1.807) is 6.07 Å². The molecule has 0 amide bonds. The van der Waals surface area contributed by atoms with Gasteiger partial charge in [-0.3, -0.25) is 0 Å². The van der Waals surface area contributed by atoms with Crippen molar-refractivity contribution >= 4 is 11.0 Å². The van der Waals surface area contributed by atoms with Crippen LogP contribution >= 0.6 is 0 Å². The second kappa shape index (κ2) is 3.33. The summed E-state index contributed by atoms with van der Waals surface area (Å²) in [6, 6.07) is 1.55. The van der Waals surface area contributed by atoms with Crippen LogP contribution in [-0.2, 0) is 5.41 Å². The van der Waals surface area contributed by atoms with Crippen LogP contribution in [0, 0.1) is 5.82 Å². The SMILES string of the molecule is CCC(C)(C)c1c[nH]c2ncc(F)cc12. The largest absolute Gasteiger partial charge is 0.346 e. The molecule has 0 spiro atoms. The first-order valence-corrected chi connectivity index (χ1v) is 5.17. The predicted molar refractivity (Wildman–Crippen MR) is 59.4 cm³/mol. The Morgan fingerprint density at radius 3 is 2.87 bits per heavy atom. The van der Waals surface area contributed by atoms with Crippen LogP contribution in [0.4, 0.5) is 4.39 Å². The van der Waals surface area contributed by atoms with Crippen LogP contribution in [0.2, 0.25) is 0 Å². The summed E-state index contributed by atoms with van der Waals surface area (Å²) in [4.78, 5) is 7.10. The third-order valence-electron chi connectivity index (χ3n) is 3.11. The summed E-state index contributed by atoms with van der Waals surface area (Å²) in [5.41, 5.74) is 1.94. The summed E-state index contributed by atoms with van der Waals surface area (Å²) in [5, 5.41) is 0.891. The molecule has 0 fully saturated rings. The Balaban J connectivity index is 2.67. The van der Waals surface area contributed by atoms with Crippen LogP contribution in [0.15, 0.2) is 18.5 Å². The summed E-state index contributed by atoms with van der Waals surface area (Å²) in [6.45, 7) is 6.44. The number of aromatic nitrogens is 2. The first-order valence-electron chi connectivity index (χ1n) is 5.17. The Morgan fingerprint density at radius 1 is 1.47 bits per heavy atom. The van der Waals surface area contributed by atoms with Gasteiger partial charge in [0.15, 0.2) is 0 Å². The van der Waals surface area contributed by atoms with Gasteiger partial charge in [-0.05, 0) is 23.5 Å². The summed E-state index contributed by atoms with van der Waals surface area (Å²) in [6.07, 6.45) is 4.18. The fourth-order valence-electron chi connectivity index (χ4n) is 1.73. The van der Waals surface area contributed by atoms with Gasteiger partial charge in [0.1, 0.15) is 11.5 Å². The van der Waals surface area contributed by atoms with E-state index in [4.69, 9.17) is 0 Å². The van der Waals surface area contributed by atoms with Gasteiger partial charge in [-0.2, -0.15) is 0 Å². The van der Waals surface area contributed by atoms with Crippen molar-refractivity contribution < 1.29 is 4.39 Å². The standard InChI is InChI=1S/C12H15FN2/c1-4-12(2,3)10-7-15-11-9(10)5-8(13)6-14-11/h5-7H,4H2,1-3H3,(H,14,15). The zero-order valence-corrected chi connectivity index (χ0v) is 9.26. The van der Waals surface area contributed by atoms with E-state index < -0.39 is 0 Å². The van der Waals surface area contributed by atoms with Crippen molar-refractivity contribution in [3.05, 3.63) is 29.8 Å². The van der Waals surface area contributed by atoms with Crippen LogP contribution in [-0.4, -0.2) is 9.97 Å². The molecule has 2 aromatic heterocycles. The maximum Gasteiger partial charge on any atom is 0.142 e. The van der Waals surface area contributed by atoms with Gasteiger partial charge < -0.3 is 4.98 Å². The lowest BCUT2D eigenvalue weighted by atomic mass is 9.82. The number of aromatic amines is 1. The highest BCUT2D eigenvalue weighted by atomic mass is 19.1. The molecule has 2 aromatic rings. The van der Waals surface area contributed by atoms with E-state index in [9.17, 15) is 4.39 Å². The number of halogens is 1. The normalized spacial score (nSPS) is 12.3. The number of fused-ring (bicyclic) bond motifs is 1. The second-order valence-corrected chi connectivity index (χ2v) is 4.49. The van der Waals surface area contributed by atoms with Gasteiger partial charge in [-0.25, -0.2) is 9.37 Å². The van der Waals surface area contributed by atoms with Crippen LogP contribution < -0.4 is 0 Å². The van der Waals surface area contributed by atoms with Gasteiger partial charge >= 0.3 is 0 Å². The molecule has 0 atom stereocenters. The number of hydrogen-bond acceptors (Lipinski definition) is 1. The van der Waals surface area contributed by atoms with Gasteiger partial charge in [0.05, 0.1) is 6.20 Å². The van der Waals surface area contributed by atoms with Crippen molar-refractivity contribution in [1.29, 1.82) is 0 Å². The fourth-order valence-corrected chi connectivity index (χ4v) is 1.73. The van der Waals surface area contributed by atoms with Gasteiger partial charge in [-0.15, -0.1) is 0 Å². The summed E-state index contributed by atoms with van der Waals surface area (Å²) in [5.74, 6) is -0.282. The average Bonchev–Trinajstić information content (AvgIpc) is 2.61. The number of rotatable bonds is 2. The smallest absolute Gasteiger partial charge is 0.142 e. The molecule has 0 aromatic carbocycles. The Bertz CT molecular complexity index is 485. The van der Waals surface area contributed by atoms with Crippen LogP contribution in [0.5, 0.6) is 0 Å². The lowest BCUT2D eigenvalue weighted by molar-refractivity contribution is 0.510. The number of pyridine rings is 1. The van der Waals surface area contributed by atoms with Crippen molar-refractivity contribution in [2.75, 3.05) is 0 Å². The fraction of sp³-hybridized carbons (Fsp3) is 0.417. The van der Waals surface area contributed by atoms with Gasteiger partial charge in [0.25, 0.3) is 0 Å². The summed E-state index contributed by atoms with van der Waals surface area (Å²) in [7, 11) is 0. The van der Waals surface area contributed by atoms with E-state index in [0.717, 1.165) is 23.0 Å². The molecule has 0 bridgehead atoms. The Hall–Kier alpha value is -1.38. The van der Waals surface area contributed by atoms with Gasteiger partial charge in [-0.1, -0.05) is 20.8 Å². The molecule has 0 aliphatic heterocycles. The molecule has 3 heteroatoms. The number of hydrogen-bond donors (Lipinski definition) is 1. The molecule has 0 unspecified atom stereocenters. The molecule has 2 heterocycles. The molecule has 0 radical (unpaired) electrons. The maximum absolute atomic E-state index is 13.1. The number of nitrogens with zero attached hydrogens (tertiary/aromatic N) is 1. The van der Waals surface area contributed by atoms with Crippen molar-refractivity contribution in [3.63, 3.8) is 0 Å². The summed E-state index contributed by atoms with van der Waals surface area (Å²) < 4.78 is 13.1. The maximum atomic E-state index is 13.1. The lowest BCUT2D eigenvalue weighted by Crippen LogP contribution is -2.14. The Labute approximate surface area is 88.5 Å². The van der Waals surface area contributed by atoms with Crippen molar-refractivity contribution in [2.45, 2.75) is 32.6 Å². The Kier molecular flexibility index (Phi) is 2.25. The highest BCUT2D eigenvalue weighted by Crippen LogP contribution is 2.32. The molecule has 0 saturated carbocycles. The third-order valence-corrected chi connectivity index (χ3v) is 3.11. The first kappa shape index (κ1) is 10.1. The minimum atomic E-state index is -0.282. The average molecular weight is 206 g/mol. The molecule has 1 N–H and O–H groups in total. The van der Waals surface area contributed by atoms with E-state index in [1.807, 2.05) is 6.20 Å². The zero-order chi connectivity index (χ0) is 11.1. The molecule has 15 heavy (non-hydrogen) atoms. The number of H-pyrrole nitrogens is 1. The van der Waals surface area contributed by atoms with E-state index in [0.29, 0.717) is 0 Å². The van der Waals surface area contributed by atoms with Crippen molar-refractivity contribution in [3.8, 4) is 0 Å². The van der Waals surface area contributed by atoms with Crippen molar-refractivity contribution in [2.24, 2.45) is 0 Å². The lowest BCUT2D eigenvalue weighted by Gasteiger charge is -2.21. The van der Waals surface area contributed by atoms with Gasteiger partial charge in [0, 0.05) is 11.6 Å². The molecule has 0 aliphatic rings. The second-order valence-electron chi connectivity index (χ2n) is 4.49. The van der Waals surface area contributed by atoms with Gasteiger partial charge in [0.2, 0.25) is 0 Å². The summed E-state index contributed by atoms with van der Waals surface area (Å²) >= 11 is 0. The molecular formula is C12H15FN2.